The number of hydrogen-bond acceptors (Lipinski definition) is 3. The first-order valence-electron chi connectivity index (χ1n) is 7.16. The van der Waals surface area contributed by atoms with Gasteiger partial charge in [0.25, 0.3) is 0 Å². The standard InChI is InChI=1S/C14H26N2O3/c1-10(2)6-7-15-13(17)11(3)16-8-4-5-12(9-16)14(18)19/h10-12H,4-9H2,1-3H3,(H,15,17)(H,18,19). The maximum absolute atomic E-state index is 12.0. The van der Waals surface area contributed by atoms with Crippen LogP contribution in [0.3, 0.4) is 0 Å². The van der Waals surface area contributed by atoms with Gasteiger partial charge in [-0.2, -0.15) is 0 Å². The number of nitrogens with one attached hydrogen (secondary N) is 1. The largest absolute Gasteiger partial charge is 0.481 e. The number of carboxylic acids is 1. The van der Waals surface area contributed by atoms with E-state index in [2.05, 4.69) is 19.2 Å². The van der Waals surface area contributed by atoms with Crippen molar-refractivity contribution in [2.75, 3.05) is 19.6 Å². The van der Waals surface area contributed by atoms with Crippen molar-refractivity contribution in [2.45, 2.75) is 46.1 Å². The van der Waals surface area contributed by atoms with Crippen LogP contribution in [0.1, 0.15) is 40.0 Å². The van der Waals surface area contributed by atoms with Gasteiger partial charge in [0.15, 0.2) is 0 Å². The number of carbonyl (C=O) groups excluding carboxylic acids is 1. The zero-order valence-electron chi connectivity index (χ0n) is 12.2. The van der Waals surface area contributed by atoms with Gasteiger partial charge in [0.2, 0.25) is 5.91 Å². The van der Waals surface area contributed by atoms with Gasteiger partial charge in [-0.3, -0.25) is 14.5 Å². The molecule has 1 amide bonds. The van der Waals surface area contributed by atoms with Crippen LogP contribution in [-0.4, -0.2) is 47.6 Å². The van der Waals surface area contributed by atoms with Gasteiger partial charge in [-0.1, -0.05) is 13.8 Å². The number of carbonyl (C=O) groups is 2. The first-order chi connectivity index (χ1) is 8.91. The summed E-state index contributed by atoms with van der Waals surface area (Å²) in [4.78, 5) is 25.0. The van der Waals surface area contributed by atoms with Crippen molar-refractivity contribution in [3.05, 3.63) is 0 Å². The average molecular weight is 270 g/mol. The Labute approximate surface area is 115 Å². The molecule has 5 heteroatoms. The molecule has 1 aliphatic heterocycles. The molecule has 2 unspecified atom stereocenters. The fourth-order valence-corrected chi connectivity index (χ4v) is 2.36. The Morgan fingerprint density at radius 1 is 1.37 bits per heavy atom. The second-order valence-corrected chi connectivity index (χ2v) is 5.82. The third kappa shape index (κ3) is 5.19. The van der Waals surface area contributed by atoms with Gasteiger partial charge in [-0.05, 0) is 38.6 Å². The lowest BCUT2D eigenvalue weighted by atomic mass is 9.97. The van der Waals surface area contributed by atoms with E-state index in [0.717, 1.165) is 19.4 Å². The smallest absolute Gasteiger partial charge is 0.307 e. The topological polar surface area (TPSA) is 69.6 Å². The van der Waals surface area contributed by atoms with Crippen LogP contribution in [0.4, 0.5) is 0 Å². The molecule has 1 heterocycles. The fourth-order valence-electron chi connectivity index (χ4n) is 2.36. The fraction of sp³-hybridized carbons (Fsp3) is 0.857. The zero-order chi connectivity index (χ0) is 14.4. The van der Waals surface area contributed by atoms with E-state index >= 15 is 0 Å². The third-order valence-electron chi connectivity index (χ3n) is 3.75. The summed E-state index contributed by atoms with van der Waals surface area (Å²) in [6.07, 6.45) is 2.53. The van der Waals surface area contributed by atoms with Crippen molar-refractivity contribution >= 4 is 11.9 Å². The number of carboxylic acid groups (broad SMARTS) is 1. The van der Waals surface area contributed by atoms with E-state index in [1.54, 1.807) is 0 Å². The second kappa shape index (κ2) is 7.48. The van der Waals surface area contributed by atoms with Crippen molar-refractivity contribution in [1.29, 1.82) is 0 Å². The molecule has 0 aromatic heterocycles. The molecule has 110 valence electrons. The van der Waals surface area contributed by atoms with E-state index < -0.39 is 5.97 Å². The van der Waals surface area contributed by atoms with Crippen LogP contribution in [0, 0.1) is 11.8 Å². The maximum Gasteiger partial charge on any atom is 0.307 e. The summed E-state index contributed by atoms with van der Waals surface area (Å²) in [5.74, 6) is -0.509. The number of nitrogens with zero attached hydrogens (tertiary/aromatic N) is 1. The van der Waals surface area contributed by atoms with Gasteiger partial charge >= 0.3 is 5.97 Å². The van der Waals surface area contributed by atoms with E-state index in [1.807, 2.05) is 11.8 Å². The molecule has 0 spiro atoms. The predicted molar refractivity (Wildman–Crippen MR) is 73.9 cm³/mol. The molecule has 5 nitrogen and oxygen atoms in total. The highest BCUT2D eigenvalue weighted by Crippen LogP contribution is 2.18. The van der Waals surface area contributed by atoms with Crippen LogP contribution >= 0.6 is 0 Å². The Kier molecular flexibility index (Phi) is 6.28. The van der Waals surface area contributed by atoms with E-state index in [1.165, 1.54) is 0 Å². The molecule has 0 bridgehead atoms. The van der Waals surface area contributed by atoms with Crippen molar-refractivity contribution in [1.82, 2.24) is 10.2 Å². The molecular formula is C14H26N2O3. The van der Waals surface area contributed by atoms with Gasteiger partial charge < -0.3 is 10.4 Å². The van der Waals surface area contributed by atoms with Crippen LogP contribution in [-0.2, 0) is 9.59 Å². The van der Waals surface area contributed by atoms with Crippen LogP contribution in [0.15, 0.2) is 0 Å². The number of rotatable bonds is 6. The number of hydrogen-bond donors (Lipinski definition) is 2. The van der Waals surface area contributed by atoms with E-state index in [4.69, 9.17) is 5.11 Å². The molecule has 2 N–H and O–H groups in total. The molecule has 19 heavy (non-hydrogen) atoms. The van der Waals surface area contributed by atoms with E-state index in [9.17, 15) is 9.59 Å². The van der Waals surface area contributed by atoms with Gasteiger partial charge in [-0.15, -0.1) is 0 Å². The first-order valence-corrected chi connectivity index (χ1v) is 7.16. The summed E-state index contributed by atoms with van der Waals surface area (Å²) in [5.41, 5.74) is 0. The van der Waals surface area contributed by atoms with Crippen molar-refractivity contribution < 1.29 is 14.7 Å². The summed E-state index contributed by atoms with van der Waals surface area (Å²) >= 11 is 0. The van der Waals surface area contributed by atoms with Crippen LogP contribution < -0.4 is 5.32 Å². The Hall–Kier alpha value is -1.10. The molecular weight excluding hydrogens is 244 g/mol. The second-order valence-electron chi connectivity index (χ2n) is 5.82. The summed E-state index contributed by atoms with van der Waals surface area (Å²) in [5, 5.41) is 12.0. The predicted octanol–water partition coefficient (Wildman–Crippen LogP) is 1.33. The lowest BCUT2D eigenvalue weighted by Gasteiger charge is -2.34. The molecule has 2 atom stereocenters. The maximum atomic E-state index is 12.0. The molecule has 0 aliphatic carbocycles. The van der Waals surface area contributed by atoms with Crippen molar-refractivity contribution in [2.24, 2.45) is 11.8 Å². The highest BCUT2D eigenvalue weighted by molar-refractivity contribution is 5.81. The normalized spacial score (nSPS) is 22.2. The monoisotopic (exact) mass is 270 g/mol. The molecule has 1 saturated heterocycles. The average Bonchev–Trinajstić information content (AvgIpc) is 2.37. The summed E-state index contributed by atoms with van der Waals surface area (Å²) < 4.78 is 0. The molecule has 0 radical (unpaired) electrons. The quantitative estimate of drug-likeness (QED) is 0.764. The van der Waals surface area contributed by atoms with Crippen LogP contribution in [0.2, 0.25) is 0 Å². The van der Waals surface area contributed by atoms with Crippen molar-refractivity contribution in [3.8, 4) is 0 Å². The summed E-state index contributed by atoms with van der Waals surface area (Å²) in [6.45, 7) is 8.08. The minimum Gasteiger partial charge on any atom is -0.481 e. The Bertz CT molecular complexity index is 318. The number of amides is 1. The summed E-state index contributed by atoms with van der Waals surface area (Å²) in [7, 11) is 0. The van der Waals surface area contributed by atoms with Crippen LogP contribution in [0.25, 0.3) is 0 Å². The minimum absolute atomic E-state index is 0.00619. The Balaban J connectivity index is 2.40. The zero-order valence-corrected chi connectivity index (χ0v) is 12.2. The van der Waals surface area contributed by atoms with Crippen LogP contribution in [0.5, 0.6) is 0 Å². The Morgan fingerprint density at radius 3 is 2.63 bits per heavy atom. The molecule has 0 aromatic carbocycles. The van der Waals surface area contributed by atoms with E-state index in [-0.39, 0.29) is 17.9 Å². The van der Waals surface area contributed by atoms with Gasteiger partial charge in [0.1, 0.15) is 0 Å². The molecule has 1 fully saturated rings. The molecule has 1 rings (SSSR count). The number of piperidine rings is 1. The van der Waals surface area contributed by atoms with Gasteiger partial charge in [0, 0.05) is 13.1 Å². The van der Waals surface area contributed by atoms with Gasteiger partial charge in [-0.25, -0.2) is 0 Å². The van der Waals surface area contributed by atoms with Gasteiger partial charge in [0.05, 0.1) is 12.0 Å². The highest BCUT2D eigenvalue weighted by Gasteiger charge is 2.30. The Morgan fingerprint density at radius 2 is 2.05 bits per heavy atom. The lowest BCUT2D eigenvalue weighted by molar-refractivity contribution is -0.145. The molecule has 1 aliphatic rings. The first kappa shape index (κ1) is 16.0. The number of aliphatic carboxylic acids is 1. The minimum atomic E-state index is -0.753. The summed E-state index contributed by atoms with van der Waals surface area (Å²) in [6, 6.07) is -0.241. The molecule has 0 saturated carbocycles. The molecule has 0 aromatic rings. The third-order valence-corrected chi connectivity index (χ3v) is 3.75. The highest BCUT2D eigenvalue weighted by atomic mass is 16.4. The van der Waals surface area contributed by atoms with E-state index in [0.29, 0.717) is 25.4 Å². The van der Waals surface area contributed by atoms with Crippen molar-refractivity contribution in [3.63, 3.8) is 0 Å². The number of likely N-dealkylation sites (tertiary alicyclic amines) is 1. The SMILES string of the molecule is CC(C)CCNC(=O)C(C)N1CCCC(C(=O)O)C1. The lowest BCUT2D eigenvalue weighted by Crippen LogP contribution is -2.50.